The molecular weight excluding hydrogens is 354 g/mol. The Labute approximate surface area is 164 Å². The van der Waals surface area contributed by atoms with Gasteiger partial charge in [0.2, 0.25) is 0 Å². The third kappa shape index (κ3) is 3.33. The monoisotopic (exact) mass is 379 g/mol. The topological polar surface area (TPSA) is 63.0 Å². The lowest BCUT2D eigenvalue weighted by Gasteiger charge is -2.21. The van der Waals surface area contributed by atoms with Crippen LogP contribution in [0, 0.1) is 0 Å². The maximum absolute atomic E-state index is 12.5. The smallest absolute Gasteiger partial charge is 0.359 e. The van der Waals surface area contributed by atoms with E-state index >= 15 is 0 Å². The number of carbonyl (C=O) groups is 1. The Bertz CT molecular complexity index is 980. The highest BCUT2D eigenvalue weighted by Crippen LogP contribution is 2.28. The number of esters is 1. The van der Waals surface area contributed by atoms with Gasteiger partial charge in [-0.2, -0.15) is 0 Å². The minimum absolute atomic E-state index is 0.311. The molecule has 1 saturated heterocycles. The molecule has 1 fully saturated rings. The summed E-state index contributed by atoms with van der Waals surface area (Å²) in [4.78, 5) is 26.2. The molecule has 0 radical (unpaired) electrons. The molecule has 0 aliphatic carbocycles. The molecule has 1 atom stereocenters. The van der Waals surface area contributed by atoms with Gasteiger partial charge in [-0.25, -0.2) is 14.8 Å². The first kappa shape index (κ1) is 18.4. The van der Waals surface area contributed by atoms with Gasteiger partial charge in [-0.15, -0.1) is 0 Å². The predicted octanol–water partition coefficient (Wildman–Crippen LogP) is 2.71. The molecule has 3 aromatic rings. The number of nitrogens with zero attached hydrogens (tertiary/aromatic N) is 5. The van der Waals surface area contributed by atoms with Gasteiger partial charge < -0.3 is 14.5 Å². The van der Waals surface area contributed by atoms with Crippen LogP contribution < -0.4 is 4.90 Å². The van der Waals surface area contributed by atoms with Crippen LogP contribution in [0.15, 0.2) is 42.7 Å². The number of rotatable bonds is 5. The van der Waals surface area contributed by atoms with E-state index in [9.17, 15) is 4.79 Å². The van der Waals surface area contributed by atoms with Crippen molar-refractivity contribution in [1.29, 1.82) is 0 Å². The van der Waals surface area contributed by atoms with Crippen molar-refractivity contribution in [2.75, 3.05) is 38.7 Å². The minimum atomic E-state index is -0.418. The maximum atomic E-state index is 12.5. The number of carbonyl (C=O) groups excluding carboxylic acids is 1. The first-order chi connectivity index (χ1) is 13.6. The van der Waals surface area contributed by atoms with E-state index in [1.165, 1.54) is 0 Å². The summed E-state index contributed by atoms with van der Waals surface area (Å²) < 4.78 is 7.11. The molecule has 0 amide bonds. The molecule has 3 aromatic heterocycles. The molecule has 0 bridgehead atoms. The number of pyridine rings is 2. The summed E-state index contributed by atoms with van der Waals surface area (Å²) in [5, 5.41) is 0. The van der Waals surface area contributed by atoms with Crippen molar-refractivity contribution < 1.29 is 9.53 Å². The van der Waals surface area contributed by atoms with Crippen LogP contribution in [0.2, 0.25) is 0 Å². The van der Waals surface area contributed by atoms with Gasteiger partial charge in [0, 0.05) is 37.1 Å². The van der Waals surface area contributed by atoms with Crippen molar-refractivity contribution in [2.45, 2.75) is 19.4 Å². The van der Waals surface area contributed by atoms with Crippen molar-refractivity contribution in [2.24, 2.45) is 0 Å². The molecule has 1 aliphatic heterocycles. The average Bonchev–Trinajstić information content (AvgIpc) is 3.34. The fourth-order valence-corrected chi connectivity index (χ4v) is 3.70. The first-order valence-electron chi connectivity index (χ1n) is 9.60. The number of hydrogen-bond donors (Lipinski definition) is 0. The fourth-order valence-electron chi connectivity index (χ4n) is 3.70. The minimum Gasteiger partial charge on any atom is -0.461 e. The van der Waals surface area contributed by atoms with Crippen molar-refractivity contribution >= 4 is 17.4 Å². The van der Waals surface area contributed by atoms with Crippen molar-refractivity contribution in [3.63, 3.8) is 0 Å². The van der Waals surface area contributed by atoms with Gasteiger partial charge in [0.25, 0.3) is 0 Å². The number of ether oxygens (including phenoxy) is 1. The van der Waals surface area contributed by atoms with Crippen LogP contribution in [0.3, 0.4) is 0 Å². The van der Waals surface area contributed by atoms with E-state index in [1.807, 2.05) is 47.1 Å². The lowest BCUT2D eigenvalue weighted by molar-refractivity contribution is 0.0521. The molecule has 7 heteroatoms. The predicted molar refractivity (Wildman–Crippen MR) is 109 cm³/mol. The van der Waals surface area contributed by atoms with Crippen LogP contribution in [0.25, 0.3) is 16.9 Å². The third-order valence-electron chi connectivity index (χ3n) is 5.24. The van der Waals surface area contributed by atoms with Gasteiger partial charge in [0.15, 0.2) is 5.69 Å². The Morgan fingerprint density at radius 3 is 2.82 bits per heavy atom. The lowest BCUT2D eigenvalue weighted by Crippen LogP contribution is -2.31. The zero-order valence-corrected chi connectivity index (χ0v) is 16.5. The van der Waals surface area contributed by atoms with E-state index in [2.05, 4.69) is 33.9 Å². The second-order valence-electron chi connectivity index (χ2n) is 7.22. The Hall–Kier alpha value is -2.93. The molecule has 0 spiro atoms. The highest BCUT2D eigenvalue weighted by Gasteiger charge is 2.25. The Balaban J connectivity index is 1.68. The maximum Gasteiger partial charge on any atom is 0.359 e. The van der Waals surface area contributed by atoms with E-state index in [-0.39, 0.29) is 0 Å². The molecule has 0 aromatic carbocycles. The highest BCUT2D eigenvalue weighted by molar-refractivity contribution is 5.95. The largest absolute Gasteiger partial charge is 0.461 e. The summed E-state index contributed by atoms with van der Waals surface area (Å²) >= 11 is 0. The summed E-state index contributed by atoms with van der Waals surface area (Å²) in [6.45, 7) is 4.08. The van der Waals surface area contributed by atoms with Gasteiger partial charge in [0.1, 0.15) is 11.5 Å². The zero-order valence-electron chi connectivity index (χ0n) is 16.5. The zero-order chi connectivity index (χ0) is 19.7. The molecule has 0 N–H and O–H groups in total. The number of likely N-dealkylation sites (N-methyl/N-ethyl adjacent to an activating group) is 1. The summed E-state index contributed by atoms with van der Waals surface area (Å²) in [6, 6.07) is 10.3. The number of aromatic nitrogens is 3. The van der Waals surface area contributed by atoms with Crippen LogP contribution in [-0.4, -0.2) is 65.1 Å². The van der Waals surface area contributed by atoms with E-state index in [4.69, 9.17) is 4.74 Å². The van der Waals surface area contributed by atoms with Crippen LogP contribution in [0.1, 0.15) is 23.8 Å². The highest BCUT2D eigenvalue weighted by atomic mass is 16.5. The number of hydrogen-bond acceptors (Lipinski definition) is 6. The number of fused-ring (bicyclic) bond motifs is 1. The Morgan fingerprint density at radius 2 is 2.14 bits per heavy atom. The van der Waals surface area contributed by atoms with Gasteiger partial charge in [0.05, 0.1) is 12.3 Å². The molecule has 1 unspecified atom stereocenters. The second kappa shape index (κ2) is 7.59. The standard InChI is InChI=1S/C21H25N5O2/c1-4-28-21(27)19-20(26-11-6-5-7-18(26)23-19)15-8-9-17(22-13-15)25-12-10-16(14-25)24(2)3/h5-9,11,13,16H,4,10,12,14H2,1-3H3. The average molecular weight is 379 g/mol. The van der Waals surface area contributed by atoms with Gasteiger partial charge in [-0.3, -0.25) is 4.40 Å². The summed E-state index contributed by atoms with van der Waals surface area (Å²) in [5.74, 6) is 0.540. The van der Waals surface area contributed by atoms with Gasteiger partial charge in [-0.1, -0.05) is 6.07 Å². The van der Waals surface area contributed by atoms with Crippen molar-refractivity contribution in [3.8, 4) is 11.3 Å². The number of anilines is 1. The van der Waals surface area contributed by atoms with Crippen molar-refractivity contribution in [3.05, 3.63) is 48.4 Å². The van der Waals surface area contributed by atoms with Crippen LogP contribution in [0.4, 0.5) is 5.82 Å². The molecular formula is C21H25N5O2. The van der Waals surface area contributed by atoms with E-state index in [0.717, 1.165) is 30.9 Å². The summed E-state index contributed by atoms with van der Waals surface area (Å²) in [7, 11) is 4.23. The van der Waals surface area contributed by atoms with Gasteiger partial charge >= 0.3 is 5.97 Å². The third-order valence-corrected chi connectivity index (χ3v) is 5.24. The SMILES string of the molecule is CCOC(=O)c1nc2ccccn2c1-c1ccc(N2CCC(N(C)C)C2)nc1. The normalized spacial score (nSPS) is 16.9. The van der Waals surface area contributed by atoms with Crippen LogP contribution in [0.5, 0.6) is 0 Å². The molecule has 146 valence electrons. The Kier molecular flexibility index (Phi) is 5.00. The molecule has 4 rings (SSSR count). The summed E-state index contributed by atoms with van der Waals surface area (Å²) in [5.41, 5.74) is 2.57. The molecule has 4 heterocycles. The molecule has 7 nitrogen and oxygen atoms in total. The van der Waals surface area contributed by atoms with Crippen molar-refractivity contribution in [1.82, 2.24) is 19.3 Å². The number of imidazole rings is 1. The summed E-state index contributed by atoms with van der Waals surface area (Å²) in [6.07, 6.45) is 4.85. The van der Waals surface area contributed by atoms with E-state index < -0.39 is 5.97 Å². The molecule has 1 aliphatic rings. The molecule has 28 heavy (non-hydrogen) atoms. The molecule has 0 saturated carbocycles. The van der Waals surface area contributed by atoms with E-state index in [0.29, 0.717) is 29.7 Å². The first-order valence-corrected chi connectivity index (χ1v) is 9.60. The van der Waals surface area contributed by atoms with Gasteiger partial charge in [-0.05, 0) is 51.7 Å². The second-order valence-corrected chi connectivity index (χ2v) is 7.22. The lowest BCUT2D eigenvalue weighted by atomic mass is 10.1. The van der Waals surface area contributed by atoms with Crippen LogP contribution >= 0.6 is 0 Å². The quantitative estimate of drug-likeness (QED) is 0.635. The van der Waals surface area contributed by atoms with Crippen LogP contribution in [-0.2, 0) is 4.74 Å². The fraction of sp³-hybridized carbons (Fsp3) is 0.381. The van der Waals surface area contributed by atoms with E-state index in [1.54, 1.807) is 6.92 Å². The Morgan fingerprint density at radius 1 is 1.29 bits per heavy atom.